The van der Waals surface area contributed by atoms with E-state index in [1.54, 1.807) is 50.0 Å². The number of halogens is 3. The molecule has 47 heavy (non-hydrogen) atoms. The summed E-state index contributed by atoms with van der Waals surface area (Å²) >= 11 is 0. The topological polar surface area (TPSA) is 154 Å². The van der Waals surface area contributed by atoms with Crippen molar-refractivity contribution in [3.05, 3.63) is 65.9 Å². The van der Waals surface area contributed by atoms with Crippen molar-refractivity contribution < 1.29 is 45.5 Å². The predicted molar refractivity (Wildman–Crippen MR) is 161 cm³/mol. The zero-order valence-corrected chi connectivity index (χ0v) is 27.1. The predicted octanol–water partition coefficient (Wildman–Crippen LogP) is 5.84. The number of benzene rings is 2. The van der Waals surface area contributed by atoms with E-state index >= 15 is 0 Å². The van der Waals surface area contributed by atoms with Gasteiger partial charge in [0.15, 0.2) is 5.69 Å². The van der Waals surface area contributed by atoms with Crippen LogP contribution < -0.4 is 4.72 Å². The number of carbonyl (C=O) groups is 2. The van der Waals surface area contributed by atoms with Gasteiger partial charge in [0.2, 0.25) is 0 Å². The highest BCUT2D eigenvalue weighted by Gasteiger charge is 2.35. The molecule has 1 aliphatic rings. The number of ether oxygens (including phenoxy) is 2. The Balaban J connectivity index is 1.31. The number of aromatic nitrogens is 2. The van der Waals surface area contributed by atoms with Crippen LogP contribution >= 0.6 is 0 Å². The lowest BCUT2D eigenvalue weighted by molar-refractivity contribution is -0.186. The van der Waals surface area contributed by atoms with Crippen molar-refractivity contribution >= 4 is 22.1 Å². The van der Waals surface area contributed by atoms with Gasteiger partial charge >= 0.3 is 18.2 Å². The van der Waals surface area contributed by atoms with E-state index in [4.69, 9.17) is 14.3 Å². The summed E-state index contributed by atoms with van der Waals surface area (Å²) in [5.41, 5.74) is -0.0773. The summed E-state index contributed by atoms with van der Waals surface area (Å²) in [7, 11) is -4.37. The summed E-state index contributed by atoms with van der Waals surface area (Å²) in [6.45, 7) is 9.17. The highest BCUT2D eigenvalue weighted by molar-refractivity contribution is 7.90. The molecule has 13 nitrogen and oxygen atoms in total. The minimum Gasteiger partial charge on any atom is -0.448 e. The van der Waals surface area contributed by atoms with Crippen LogP contribution in [0.1, 0.15) is 45.4 Å². The van der Waals surface area contributed by atoms with E-state index in [9.17, 15) is 31.2 Å². The zero-order valence-electron chi connectivity index (χ0n) is 26.3. The van der Waals surface area contributed by atoms with Crippen LogP contribution in [0.3, 0.4) is 0 Å². The average molecular weight is 681 g/mol. The van der Waals surface area contributed by atoms with Gasteiger partial charge in [0, 0.05) is 36.8 Å². The van der Waals surface area contributed by atoms with Crippen molar-refractivity contribution in [1.82, 2.24) is 19.5 Å². The standard InChI is InChI=1S/C30H35F3N6O7S/c1-19-6-8-22(9-7-19)25-16-26(30(31,32)33)34-39(25)23-10-12-24(13-11-23)47(42,43)35-28(41)44-18-21-14-15-38(17-21)36-37-46-20(2)45-27(40)29(3,4)5/h6-13,16,20-21H,14-15,17-18H2,1-5H3,(H,35,41)/b37-36-. The molecule has 1 saturated heterocycles. The molecular formula is C30H35F3N6O7S. The second kappa shape index (κ2) is 14.0. The number of carbonyl (C=O) groups excluding carboxylic acids is 2. The molecule has 2 unspecified atom stereocenters. The lowest BCUT2D eigenvalue weighted by atomic mass is 9.97. The normalized spacial score (nSPS) is 16.3. The van der Waals surface area contributed by atoms with Crippen LogP contribution in [0.25, 0.3) is 16.9 Å². The molecule has 17 heteroatoms. The van der Waals surface area contributed by atoms with E-state index in [2.05, 4.69) is 15.6 Å². The van der Waals surface area contributed by atoms with Gasteiger partial charge in [0.25, 0.3) is 16.3 Å². The van der Waals surface area contributed by atoms with Gasteiger partial charge in [-0.1, -0.05) is 29.8 Å². The third kappa shape index (κ3) is 9.43. The number of alkyl halides is 3. The fraction of sp³-hybridized carbons (Fsp3) is 0.433. The molecule has 1 amide bonds. The van der Waals surface area contributed by atoms with Gasteiger partial charge < -0.3 is 14.3 Å². The van der Waals surface area contributed by atoms with Crippen molar-refractivity contribution in [2.75, 3.05) is 19.7 Å². The summed E-state index contributed by atoms with van der Waals surface area (Å²) in [6, 6.07) is 12.6. The Morgan fingerprint density at radius 3 is 2.36 bits per heavy atom. The van der Waals surface area contributed by atoms with E-state index in [-0.39, 0.29) is 28.8 Å². The van der Waals surface area contributed by atoms with E-state index in [0.717, 1.165) is 28.4 Å². The van der Waals surface area contributed by atoms with Crippen LogP contribution in [-0.4, -0.2) is 61.3 Å². The molecule has 4 rings (SSSR count). The molecule has 254 valence electrons. The number of sulfonamides is 1. The molecule has 2 heterocycles. The third-order valence-corrected chi connectivity index (χ3v) is 8.24. The van der Waals surface area contributed by atoms with E-state index in [1.165, 1.54) is 19.1 Å². The number of rotatable bonds is 10. The summed E-state index contributed by atoms with van der Waals surface area (Å²) in [4.78, 5) is 29.0. The molecule has 1 fully saturated rings. The molecule has 0 spiro atoms. The number of hydrogen-bond donors (Lipinski definition) is 1. The first-order chi connectivity index (χ1) is 21.9. The summed E-state index contributed by atoms with van der Waals surface area (Å²) in [5, 5.41) is 12.8. The Labute approximate surface area is 269 Å². The lowest BCUT2D eigenvalue weighted by Crippen LogP contribution is -2.32. The molecule has 2 atom stereocenters. The number of nitrogens with zero attached hydrogens (tertiary/aromatic N) is 5. The monoisotopic (exact) mass is 680 g/mol. The molecule has 3 aromatic rings. The Kier molecular flexibility index (Phi) is 10.5. The summed E-state index contributed by atoms with van der Waals surface area (Å²) < 4.78 is 79.3. The highest BCUT2D eigenvalue weighted by Crippen LogP contribution is 2.33. The molecule has 2 aromatic carbocycles. The van der Waals surface area contributed by atoms with Crippen LogP contribution in [0, 0.1) is 18.3 Å². The van der Waals surface area contributed by atoms with Crippen molar-refractivity contribution in [2.45, 2.75) is 58.4 Å². The number of esters is 1. The fourth-order valence-corrected chi connectivity index (χ4v) is 5.21. The first kappa shape index (κ1) is 35.2. The third-order valence-electron chi connectivity index (χ3n) is 6.91. The smallest absolute Gasteiger partial charge is 0.435 e. The quantitative estimate of drug-likeness (QED) is 0.120. The largest absolute Gasteiger partial charge is 0.448 e. The molecule has 0 radical (unpaired) electrons. The van der Waals surface area contributed by atoms with Crippen LogP contribution in [0.2, 0.25) is 0 Å². The van der Waals surface area contributed by atoms with Gasteiger partial charge in [0.05, 0.1) is 28.3 Å². The Hall–Kier alpha value is -4.67. The molecule has 1 aromatic heterocycles. The zero-order chi connectivity index (χ0) is 34.6. The van der Waals surface area contributed by atoms with Gasteiger partial charge in [-0.15, -0.1) is 0 Å². The molecule has 1 aliphatic heterocycles. The first-order valence-corrected chi connectivity index (χ1v) is 16.0. The van der Waals surface area contributed by atoms with Gasteiger partial charge in [0.1, 0.15) is 0 Å². The molecule has 0 saturated carbocycles. The molecular weight excluding hydrogens is 645 g/mol. The summed E-state index contributed by atoms with van der Waals surface area (Å²) in [6.07, 6.45) is -6.27. The van der Waals surface area contributed by atoms with Crippen LogP contribution in [0.15, 0.2) is 70.0 Å². The Morgan fingerprint density at radius 1 is 1.09 bits per heavy atom. The number of hydrogen-bond acceptors (Lipinski definition) is 10. The molecule has 0 bridgehead atoms. The first-order valence-electron chi connectivity index (χ1n) is 14.5. The minimum absolute atomic E-state index is 0.102. The van der Waals surface area contributed by atoms with Crippen LogP contribution in [0.4, 0.5) is 18.0 Å². The fourth-order valence-electron chi connectivity index (χ4n) is 4.32. The Morgan fingerprint density at radius 2 is 1.74 bits per heavy atom. The maximum absolute atomic E-state index is 13.5. The van der Waals surface area contributed by atoms with Gasteiger partial charge in [-0.2, -0.15) is 18.3 Å². The lowest BCUT2D eigenvalue weighted by Gasteiger charge is -2.19. The SMILES string of the molecule is Cc1ccc(-c2cc(C(F)(F)F)nn2-c2ccc(S(=O)(=O)NC(=O)OCC3CCN(/N=N\OC(C)OC(=O)C(C)(C)C)C3)cc2)cc1. The van der Waals surface area contributed by atoms with Gasteiger partial charge in [-0.05, 0) is 69.7 Å². The van der Waals surface area contributed by atoms with Crippen molar-refractivity contribution in [2.24, 2.45) is 21.8 Å². The summed E-state index contributed by atoms with van der Waals surface area (Å²) in [5.74, 6) is -0.628. The van der Waals surface area contributed by atoms with E-state index in [0.29, 0.717) is 25.1 Å². The maximum Gasteiger partial charge on any atom is 0.435 e. The van der Waals surface area contributed by atoms with E-state index in [1.807, 2.05) is 11.6 Å². The van der Waals surface area contributed by atoms with Crippen molar-refractivity contribution in [1.29, 1.82) is 0 Å². The van der Waals surface area contributed by atoms with Crippen LogP contribution in [0.5, 0.6) is 0 Å². The number of amides is 1. The van der Waals surface area contributed by atoms with Gasteiger partial charge in [-0.25, -0.2) is 22.6 Å². The van der Waals surface area contributed by atoms with E-state index < -0.39 is 45.7 Å². The molecule has 0 aliphatic carbocycles. The molecule has 1 N–H and O–H groups in total. The van der Waals surface area contributed by atoms with Crippen molar-refractivity contribution in [3.63, 3.8) is 0 Å². The highest BCUT2D eigenvalue weighted by atomic mass is 32.2. The average Bonchev–Trinajstić information content (AvgIpc) is 3.64. The van der Waals surface area contributed by atoms with Crippen molar-refractivity contribution in [3.8, 4) is 16.9 Å². The Bertz CT molecular complexity index is 1700. The van der Waals surface area contributed by atoms with Gasteiger partial charge in [-0.3, -0.25) is 9.80 Å². The number of aryl methyl sites for hydroxylation is 1. The number of nitrogens with one attached hydrogen (secondary N) is 1. The maximum atomic E-state index is 13.5. The minimum atomic E-state index is -4.70. The van der Waals surface area contributed by atoms with Crippen LogP contribution in [-0.2, 0) is 35.3 Å². The second-order valence-electron chi connectivity index (χ2n) is 12.0. The second-order valence-corrected chi connectivity index (χ2v) is 13.6.